The second-order valence-corrected chi connectivity index (χ2v) is 6.66. The fraction of sp³-hybridized carbons (Fsp3) is 0.812. The molecule has 1 aliphatic rings. The highest BCUT2D eigenvalue weighted by molar-refractivity contribution is 5.10. The van der Waals surface area contributed by atoms with Gasteiger partial charge in [-0.05, 0) is 33.3 Å². The summed E-state index contributed by atoms with van der Waals surface area (Å²) >= 11 is 0. The third kappa shape index (κ3) is 4.80. The Balaban J connectivity index is 1.87. The van der Waals surface area contributed by atoms with E-state index in [4.69, 9.17) is 0 Å². The predicted molar refractivity (Wildman–Crippen MR) is 85.3 cm³/mol. The third-order valence-electron chi connectivity index (χ3n) is 4.04. The third-order valence-corrected chi connectivity index (χ3v) is 4.04. The second-order valence-electron chi connectivity index (χ2n) is 6.66. The van der Waals surface area contributed by atoms with Gasteiger partial charge in [-0.1, -0.05) is 6.92 Å². The Bertz CT molecular complexity index is 442. The van der Waals surface area contributed by atoms with Crippen LogP contribution in [0.4, 0.5) is 0 Å². The van der Waals surface area contributed by atoms with Crippen LogP contribution in [0, 0.1) is 0 Å². The summed E-state index contributed by atoms with van der Waals surface area (Å²) in [5, 5.41) is 14.5. The molecule has 0 saturated carbocycles. The van der Waals surface area contributed by atoms with Crippen LogP contribution in [0.25, 0.3) is 0 Å². The van der Waals surface area contributed by atoms with Gasteiger partial charge in [-0.25, -0.2) is 0 Å². The van der Waals surface area contributed by atoms with E-state index in [0.29, 0.717) is 0 Å². The van der Waals surface area contributed by atoms with E-state index in [1.165, 1.54) is 11.4 Å². The van der Waals surface area contributed by atoms with Crippen molar-refractivity contribution in [3.05, 3.63) is 17.5 Å². The van der Waals surface area contributed by atoms with Crippen LogP contribution in [-0.2, 0) is 19.5 Å². The van der Waals surface area contributed by atoms with Crippen LogP contribution in [-0.4, -0.2) is 63.0 Å². The van der Waals surface area contributed by atoms with Crippen LogP contribution in [0.2, 0.25) is 0 Å². The monoisotopic (exact) mass is 294 g/mol. The number of hydrogen-bond acceptors (Lipinski definition) is 4. The topological polar surface area (TPSA) is 44.5 Å². The van der Waals surface area contributed by atoms with Crippen LogP contribution < -0.4 is 0 Å². The first-order valence-electron chi connectivity index (χ1n) is 8.14. The molecule has 0 aliphatic carbocycles. The minimum absolute atomic E-state index is 0.598. The Morgan fingerprint density at radius 1 is 1.14 bits per heavy atom. The molecule has 2 rings (SSSR count). The van der Waals surface area contributed by atoms with E-state index in [2.05, 4.69) is 39.5 Å². The highest BCUT2D eigenvalue weighted by atomic mass is 16.3. The Labute approximate surface area is 128 Å². The van der Waals surface area contributed by atoms with Crippen molar-refractivity contribution in [2.75, 3.05) is 32.7 Å². The number of rotatable bonds is 6. The van der Waals surface area contributed by atoms with Crippen molar-refractivity contribution in [3.63, 3.8) is 0 Å². The zero-order valence-electron chi connectivity index (χ0n) is 14.0. The first-order chi connectivity index (χ1) is 9.91. The van der Waals surface area contributed by atoms with Crippen molar-refractivity contribution < 1.29 is 5.11 Å². The van der Waals surface area contributed by atoms with Crippen LogP contribution in [0.1, 0.15) is 39.1 Å². The van der Waals surface area contributed by atoms with Gasteiger partial charge in [-0.15, -0.1) is 0 Å². The Morgan fingerprint density at radius 3 is 2.29 bits per heavy atom. The molecule has 0 bridgehead atoms. The molecule has 0 atom stereocenters. The summed E-state index contributed by atoms with van der Waals surface area (Å²) in [6.45, 7) is 14.9. The van der Waals surface area contributed by atoms with Crippen molar-refractivity contribution >= 4 is 0 Å². The number of aromatic nitrogens is 2. The number of nitrogens with zero attached hydrogens (tertiary/aromatic N) is 4. The molecule has 0 radical (unpaired) electrons. The predicted octanol–water partition coefficient (Wildman–Crippen LogP) is 1.35. The molecule has 120 valence electrons. The SMILES string of the molecule is CCc1cc(CN2CCN(CC(C)(C)O)CC2)n(CC)n1. The number of β-amino-alcohol motifs (C(OH)–C–C–N with tert-alkyl or cyclic N) is 1. The highest BCUT2D eigenvalue weighted by Gasteiger charge is 2.23. The summed E-state index contributed by atoms with van der Waals surface area (Å²) in [4.78, 5) is 4.84. The lowest BCUT2D eigenvalue weighted by Crippen LogP contribution is -2.50. The standard InChI is InChI=1S/C16H30N4O/c1-5-14-11-15(20(6-2)17-14)12-18-7-9-19(10-8-18)13-16(3,4)21/h11,21H,5-10,12-13H2,1-4H3. The molecule has 0 unspecified atom stereocenters. The molecule has 1 N–H and O–H groups in total. The molecule has 1 aromatic rings. The van der Waals surface area contributed by atoms with Crippen molar-refractivity contribution in [1.29, 1.82) is 0 Å². The number of aryl methyl sites for hydroxylation is 2. The number of hydrogen-bond donors (Lipinski definition) is 1. The fourth-order valence-corrected chi connectivity index (χ4v) is 2.97. The molecule has 2 heterocycles. The molecule has 5 heteroatoms. The summed E-state index contributed by atoms with van der Waals surface area (Å²) in [6.07, 6.45) is 0.999. The molecule has 1 aromatic heterocycles. The molecular formula is C16H30N4O. The van der Waals surface area contributed by atoms with Gasteiger partial charge in [0.05, 0.1) is 17.0 Å². The smallest absolute Gasteiger partial charge is 0.0718 e. The molecule has 1 aliphatic heterocycles. The molecular weight excluding hydrogens is 264 g/mol. The van der Waals surface area contributed by atoms with Crippen molar-refractivity contribution in [1.82, 2.24) is 19.6 Å². The van der Waals surface area contributed by atoms with E-state index in [9.17, 15) is 5.11 Å². The number of aliphatic hydroxyl groups is 1. The molecule has 1 saturated heterocycles. The molecule has 0 aromatic carbocycles. The van der Waals surface area contributed by atoms with E-state index >= 15 is 0 Å². The van der Waals surface area contributed by atoms with Gasteiger partial charge >= 0.3 is 0 Å². The first kappa shape index (κ1) is 16.5. The summed E-state index contributed by atoms with van der Waals surface area (Å²) in [7, 11) is 0. The maximum atomic E-state index is 9.90. The minimum atomic E-state index is -0.598. The quantitative estimate of drug-likeness (QED) is 0.860. The van der Waals surface area contributed by atoms with Crippen molar-refractivity contribution in [3.8, 4) is 0 Å². The molecule has 5 nitrogen and oxygen atoms in total. The van der Waals surface area contributed by atoms with E-state index in [0.717, 1.165) is 52.2 Å². The maximum absolute atomic E-state index is 9.90. The first-order valence-corrected chi connectivity index (χ1v) is 8.14. The van der Waals surface area contributed by atoms with E-state index in [1.54, 1.807) is 0 Å². The lowest BCUT2D eigenvalue weighted by molar-refractivity contribution is 0.0163. The van der Waals surface area contributed by atoms with E-state index in [1.807, 2.05) is 13.8 Å². The fourth-order valence-electron chi connectivity index (χ4n) is 2.97. The van der Waals surface area contributed by atoms with E-state index in [-0.39, 0.29) is 0 Å². The summed E-state index contributed by atoms with van der Waals surface area (Å²) in [5.74, 6) is 0. The lowest BCUT2D eigenvalue weighted by atomic mass is 10.1. The van der Waals surface area contributed by atoms with Gasteiger partial charge in [0.2, 0.25) is 0 Å². The van der Waals surface area contributed by atoms with Crippen LogP contribution in [0.3, 0.4) is 0 Å². The molecule has 21 heavy (non-hydrogen) atoms. The average Bonchev–Trinajstić information content (AvgIpc) is 2.81. The molecule has 0 amide bonds. The van der Waals surface area contributed by atoms with Gasteiger partial charge in [-0.2, -0.15) is 5.10 Å². The van der Waals surface area contributed by atoms with Crippen molar-refractivity contribution in [2.45, 2.75) is 52.8 Å². The van der Waals surface area contributed by atoms with Gasteiger partial charge in [-0.3, -0.25) is 14.5 Å². The normalized spacial score (nSPS) is 18.3. The van der Waals surface area contributed by atoms with Gasteiger partial charge < -0.3 is 5.11 Å². The Morgan fingerprint density at radius 2 is 1.76 bits per heavy atom. The van der Waals surface area contributed by atoms with Crippen molar-refractivity contribution in [2.24, 2.45) is 0 Å². The van der Waals surface area contributed by atoms with Gasteiger partial charge in [0.25, 0.3) is 0 Å². The second kappa shape index (κ2) is 6.90. The van der Waals surface area contributed by atoms with Gasteiger partial charge in [0, 0.05) is 45.8 Å². The lowest BCUT2D eigenvalue weighted by Gasteiger charge is -2.37. The largest absolute Gasteiger partial charge is 0.389 e. The highest BCUT2D eigenvalue weighted by Crippen LogP contribution is 2.13. The molecule has 0 spiro atoms. The maximum Gasteiger partial charge on any atom is 0.0718 e. The van der Waals surface area contributed by atoms with E-state index < -0.39 is 5.60 Å². The Kier molecular flexibility index (Phi) is 5.41. The van der Waals surface area contributed by atoms with Gasteiger partial charge in [0.15, 0.2) is 0 Å². The minimum Gasteiger partial charge on any atom is -0.389 e. The molecule has 1 fully saturated rings. The van der Waals surface area contributed by atoms with Gasteiger partial charge in [0.1, 0.15) is 0 Å². The van der Waals surface area contributed by atoms with Crippen LogP contribution in [0.15, 0.2) is 6.07 Å². The zero-order chi connectivity index (χ0) is 15.5. The summed E-state index contributed by atoms with van der Waals surface area (Å²) < 4.78 is 2.13. The van der Waals surface area contributed by atoms with Crippen LogP contribution >= 0.6 is 0 Å². The average molecular weight is 294 g/mol. The summed E-state index contributed by atoms with van der Waals surface area (Å²) in [5.41, 5.74) is 1.91. The van der Waals surface area contributed by atoms with Crippen LogP contribution in [0.5, 0.6) is 0 Å². The zero-order valence-corrected chi connectivity index (χ0v) is 14.0. The summed E-state index contributed by atoms with van der Waals surface area (Å²) in [6, 6.07) is 2.24. The number of piperazine rings is 1. The Hall–Kier alpha value is -0.910.